The Morgan fingerprint density at radius 1 is 1.39 bits per heavy atom. The molecule has 1 atom stereocenters. The van der Waals surface area contributed by atoms with Gasteiger partial charge in [0.15, 0.2) is 0 Å². The van der Waals surface area contributed by atoms with Crippen LogP contribution in [0, 0.1) is 6.92 Å². The zero-order chi connectivity index (χ0) is 13.8. The van der Waals surface area contributed by atoms with E-state index in [1.54, 1.807) is 19.1 Å². The Morgan fingerprint density at radius 2 is 2.06 bits per heavy atom. The molecule has 0 saturated carbocycles. The molecule has 3 N–H and O–H groups in total. The molecule has 0 spiro atoms. The van der Waals surface area contributed by atoms with Crippen LogP contribution in [0.4, 0.5) is 5.69 Å². The molecule has 4 nitrogen and oxygen atoms in total. The van der Waals surface area contributed by atoms with Crippen LogP contribution in [0.3, 0.4) is 0 Å². The van der Waals surface area contributed by atoms with Crippen molar-refractivity contribution in [2.45, 2.75) is 51.0 Å². The van der Waals surface area contributed by atoms with Gasteiger partial charge in [0, 0.05) is 11.7 Å². The Labute approximate surface area is 110 Å². The molecule has 18 heavy (non-hydrogen) atoms. The summed E-state index contributed by atoms with van der Waals surface area (Å²) in [4.78, 5) is 0.190. The summed E-state index contributed by atoms with van der Waals surface area (Å²) in [5.74, 6) is 0. The number of benzene rings is 1. The van der Waals surface area contributed by atoms with Gasteiger partial charge in [0.2, 0.25) is 10.0 Å². The van der Waals surface area contributed by atoms with Gasteiger partial charge >= 0.3 is 0 Å². The maximum Gasteiger partial charge on any atom is 0.238 e. The molecule has 0 saturated heterocycles. The number of hydrogen-bond acceptors (Lipinski definition) is 3. The van der Waals surface area contributed by atoms with Crippen LogP contribution in [0.2, 0.25) is 0 Å². The summed E-state index contributed by atoms with van der Waals surface area (Å²) in [5, 5.41) is 8.48. The molecular weight excluding hydrogens is 248 g/mol. The van der Waals surface area contributed by atoms with Gasteiger partial charge in [0.25, 0.3) is 0 Å². The van der Waals surface area contributed by atoms with Crippen molar-refractivity contribution in [3.05, 3.63) is 23.8 Å². The van der Waals surface area contributed by atoms with Crippen molar-refractivity contribution < 1.29 is 8.42 Å². The fraction of sp³-hybridized carbons (Fsp3) is 0.538. The number of hydrogen-bond donors (Lipinski definition) is 2. The smallest absolute Gasteiger partial charge is 0.238 e. The number of aryl methyl sites for hydroxylation is 1. The Kier molecular flexibility index (Phi) is 5.16. The molecule has 0 bridgehead atoms. The molecule has 1 unspecified atom stereocenters. The molecule has 0 fully saturated rings. The van der Waals surface area contributed by atoms with Crippen LogP contribution in [0.25, 0.3) is 0 Å². The van der Waals surface area contributed by atoms with Gasteiger partial charge in [-0.15, -0.1) is 0 Å². The van der Waals surface area contributed by atoms with Crippen molar-refractivity contribution in [3.63, 3.8) is 0 Å². The van der Waals surface area contributed by atoms with Crippen molar-refractivity contribution in [1.82, 2.24) is 0 Å². The van der Waals surface area contributed by atoms with Crippen LogP contribution in [0.1, 0.15) is 38.7 Å². The SMILES string of the molecule is CCCCC(C)Nc1ccc(C)c(S(N)(=O)=O)c1. The first-order valence-electron chi connectivity index (χ1n) is 6.24. The highest BCUT2D eigenvalue weighted by Gasteiger charge is 2.12. The second-order valence-corrected chi connectivity index (χ2v) is 6.24. The highest BCUT2D eigenvalue weighted by Crippen LogP contribution is 2.20. The van der Waals surface area contributed by atoms with Crippen molar-refractivity contribution in [2.24, 2.45) is 5.14 Å². The third-order valence-electron chi connectivity index (χ3n) is 2.90. The topological polar surface area (TPSA) is 72.2 Å². The zero-order valence-corrected chi connectivity index (χ0v) is 12.0. The van der Waals surface area contributed by atoms with E-state index in [1.165, 1.54) is 0 Å². The van der Waals surface area contributed by atoms with Gasteiger partial charge in [-0.1, -0.05) is 25.8 Å². The standard InChI is InChI=1S/C13H22N2O2S/c1-4-5-6-11(3)15-12-8-7-10(2)13(9-12)18(14,16)17/h7-9,11,15H,4-6H2,1-3H3,(H2,14,16,17). The molecule has 102 valence electrons. The first kappa shape index (κ1) is 15.0. The minimum atomic E-state index is -3.65. The summed E-state index contributed by atoms with van der Waals surface area (Å²) in [6, 6.07) is 5.58. The van der Waals surface area contributed by atoms with E-state index in [9.17, 15) is 8.42 Å². The highest BCUT2D eigenvalue weighted by molar-refractivity contribution is 7.89. The predicted octanol–water partition coefficient (Wildman–Crippen LogP) is 2.63. The van der Waals surface area contributed by atoms with E-state index in [2.05, 4.69) is 19.2 Å². The van der Waals surface area contributed by atoms with Crippen LogP contribution in [0.15, 0.2) is 23.1 Å². The first-order valence-corrected chi connectivity index (χ1v) is 7.79. The van der Waals surface area contributed by atoms with Crippen LogP contribution in [-0.4, -0.2) is 14.5 Å². The summed E-state index contributed by atoms with van der Waals surface area (Å²) in [6.45, 7) is 5.98. The molecule has 0 radical (unpaired) electrons. The van der Waals surface area contributed by atoms with Crippen molar-refractivity contribution in [2.75, 3.05) is 5.32 Å². The Hall–Kier alpha value is -1.07. The summed E-state index contributed by atoms with van der Waals surface area (Å²) in [5.41, 5.74) is 1.47. The van der Waals surface area contributed by atoms with Crippen LogP contribution in [0.5, 0.6) is 0 Å². The lowest BCUT2D eigenvalue weighted by molar-refractivity contribution is 0.597. The largest absolute Gasteiger partial charge is 0.383 e. The Balaban J connectivity index is 2.86. The van der Waals surface area contributed by atoms with Gasteiger partial charge < -0.3 is 5.32 Å². The number of nitrogens with two attached hydrogens (primary N) is 1. The van der Waals surface area contributed by atoms with Gasteiger partial charge in [0.05, 0.1) is 4.90 Å². The third-order valence-corrected chi connectivity index (χ3v) is 3.95. The predicted molar refractivity (Wildman–Crippen MR) is 75.2 cm³/mol. The number of sulfonamides is 1. The molecule has 0 aliphatic heterocycles. The van der Waals surface area contributed by atoms with Crippen molar-refractivity contribution in [3.8, 4) is 0 Å². The van der Waals surface area contributed by atoms with Gasteiger partial charge in [-0.3, -0.25) is 0 Å². The lowest BCUT2D eigenvalue weighted by Crippen LogP contribution is -2.17. The van der Waals surface area contributed by atoms with Crippen molar-refractivity contribution in [1.29, 1.82) is 0 Å². The second-order valence-electron chi connectivity index (χ2n) is 4.71. The Bertz CT molecular complexity index is 498. The fourth-order valence-electron chi connectivity index (χ4n) is 1.86. The van der Waals surface area contributed by atoms with Gasteiger partial charge in [-0.2, -0.15) is 0 Å². The normalized spacial score (nSPS) is 13.3. The molecule has 5 heteroatoms. The van der Waals surface area contributed by atoms with Gasteiger partial charge in [-0.05, 0) is 38.0 Å². The van der Waals surface area contributed by atoms with E-state index < -0.39 is 10.0 Å². The average molecular weight is 270 g/mol. The quantitative estimate of drug-likeness (QED) is 0.834. The number of primary sulfonamides is 1. The zero-order valence-electron chi connectivity index (χ0n) is 11.2. The highest BCUT2D eigenvalue weighted by atomic mass is 32.2. The van der Waals surface area contributed by atoms with E-state index >= 15 is 0 Å². The number of nitrogens with one attached hydrogen (secondary N) is 1. The van der Waals surface area contributed by atoms with Gasteiger partial charge in [-0.25, -0.2) is 13.6 Å². The summed E-state index contributed by atoms with van der Waals surface area (Å²) in [6.07, 6.45) is 3.37. The molecule has 0 amide bonds. The monoisotopic (exact) mass is 270 g/mol. The summed E-state index contributed by atoms with van der Waals surface area (Å²) < 4.78 is 22.8. The fourth-order valence-corrected chi connectivity index (χ4v) is 2.67. The summed E-state index contributed by atoms with van der Waals surface area (Å²) >= 11 is 0. The van der Waals surface area contributed by atoms with E-state index in [4.69, 9.17) is 5.14 Å². The summed E-state index contributed by atoms with van der Waals surface area (Å²) in [7, 11) is -3.65. The second kappa shape index (κ2) is 6.20. The maximum atomic E-state index is 11.4. The van der Waals surface area contributed by atoms with E-state index in [1.807, 2.05) is 6.07 Å². The van der Waals surface area contributed by atoms with Crippen LogP contribution < -0.4 is 10.5 Å². The molecule has 0 aliphatic carbocycles. The number of rotatable bonds is 6. The first-order chi connectivity index (χ1) is 8.34. The molecular formula is C13H22N2O2S. The van der Waals surface area contributed by atoms with E-state index in [0.717, 1.165) is 24.9 Å². The number of anilines is 1. The molecule has 1 aromatic rings. The Morgan fingerprint density at radius 3 is 2.61 bits per heavy atom. The molecule has 1 rings (SSSR count). The lowest BCUT2D eigenvalue weighted by Gasteiger charge is -2.16. The average Bonchev–Trinajstić information content (AvgIpc) is 2.27. The van der Waals surface area contributed by atoms with E-state index in [-0.39, 0.29) is 4.90 Å². The molecule has 1 aromatic carbocycles. The molecule has 0 aliphatic rings. The molecule has 0 aromatic heterocycles. The third kappa shape index (κ3) is 4.31. The van der Waals surface area contributed by atoms with Crippen molar-refractivity contribution >= 4 is 15.7 Å². The minimum absolute atomic E-state index is 0.190. The van der Waals surface area contributed by atoms with E-state index in [0.29, 0.717) is 11.6 Å². The maximum absolute atomic E-state index is 11.4. The number of unbranched alkanes of at least 4 members (excludes halogenated alkanes) is 1. The molecule has 0 heterocycles. The minimum Gasteiger partial charge on any atom is -0.383 e. The lowest BCUT2D eigenvalue weighted by atomic mass is 10.1. The van der Waals surface area contributed by atoms with Crippen LogP contribution in [-0.2, 0) is 10.0 Å². The van der Waals surface area contributed by atoms with Gasteiger partial charge in [0.1, 0.15) is 0 Å². The van der Waals surface area contributed by atoms with Crippen LogP contribution >= 0.6 is 0 Å².